The third-order valence-corrected chi connectivity index (χ3v) is 3.96. The van der Waals surface area contributed by atoms with E-state index < -0.39 is 0 Å². The highest BCUT2D eigenvalue weighted by Crippen LogP contribution is 2.34. The van der Waals surface area contributed by atoms with E-state index in [2.05, 4.69) is 32.2 Å². The Balaban J connectivity index is 2.39. The molecule has 0 spiro atoms. The van der Waals surface area contributed by atoms with Crippen LogP contribution in [0.5, 0.6) is 5.75 Å². The molecule has 4 heteroatoms. The van der Waals surface area contributed by atoms with Crippen molar-refractivity contribution in [2.24, 2.45) is 5.73 Å². The van der Waals surface area contributed by atoms with Gasteiger partial charge in [0.05, 0.1) is 26.4 Å². The fourth-order valence-electron chi connectivity index (χ4n) is 2.77. The smallest absolute Gasteiger partial charge is 0.127 e. The standard InChI is InChI=1S/C15H24N2O2/c1-9-7-10(2)13(15(18-4)11(9)3)14(16)12-8-19-6-5-17-12/h7,12,14,17H,5-6,8,16H2,1-4H3. The van der Waals surface area contributed by atoms with Gasteiger partial charge >= 0.3 is 0 Å². The molecule has 1 aliphatic heterocycles. The van der Waals surface area contributed by atoms with E-state index in [1.54, 1.807) is 7.11 Å². The first-order chi connectivity index (χ1) is 9.06. The number of methoxy groups -OCH3 is 1. The first-order valence-electron chi connectivity index (χ1n) is 6.77. The molecule has 1 aromatic carbocycles. The molecule has 106 valence electrons. The summed E-state index contributed by atoms with van der Waals surface area (Å²) in [5.41, 5.74) is 11.1. The van der Waals surface area contributed by atoms with Crippen molar-refractivity contribution < 1.29 is 9.47 Å². The van der Waals surface area contributed by atoms with Gasteiger partial charge in [0.2, 0.25) is 0 Å². The van der Waals surface area contributed by atoms with Gasteiger partial charge in [-0.2, -0.15) is 0 Å². The van der Waals surface area contributed by atoms with Crippen molar-refractivity contribution in [1.29, 1.82) is 0 Å². The molecular formula is C15H24N2O2. The van der Waals surface area contributed by atoms with Crippen molar-refractivity contribution in [3.63, 3.8) is 0 Å². The van der Waals surface area contributed by atoms with Gasteiger partial charge < -0.3 is 20.5 Å². The number of benzene rings is 1. The Labute approximate surface area is 115 Å². The average Bonchev–Trinajstić information content (AvgIpc) is 2.42. The van der Waals surface area contributed by atoms with E-state index in [-0.39, 0.29) is 12.1 Å². The quantitative estimate of drug-likeness (QED) is 0.871. The minimum Gasteiger partial charge on any atom is -0.496 e. The summed E-state index contributed by atoms with van der Waals surface area (Å²) in [6.07, 6.45) is 0. The Morgan fingerprint density at radius 1 is 1.37 bits per heavy atom. The molecule has 0 amide bonds. The zero-order chi connectivity index (χ0) is 14.0. The Bertz CT molecular complexity index is 454. The van der Waals surface area contributed by atoms with Crippen LogP contribution in [0.2, 0.25) is 0 Å². The number of hydrogen-bond donors (Lipinski definition) is 2. The number of aryl methyl sites for hydroxylation is 2. The van der Waals surface area contributed by atoms with Gasteiger partial charge in [0.1, 0.15) is 5.75 Å². The van der Waals surface area contributed by atoms with Gasteiger partial charge in [0.25, 0.3) is 0 Å². The van der Waals surface area contributed by atoms with Gasteiger partial charge in [-0.3, -0.25) is 0 Å². The lowest BCUT2D eigenvalue weighted by molar-refractivity contribution is 0.0681. The van der Waals surface area contributed by atoms with Crippen LogP contribution in [-0.4, -0.2) is 32.9 Å². The number of nitrogens with one attached hydrogen (secondary N) is 1. The van der Waals surface area contributed by atoms with Crippen LogP contribution in [0.15, 0.2) is 6.07 Å². The molecule has 0 radical (unpaired) electrons. The number of hydrogen-bond acceptors (Lipinski definition) is 4. The summed E-state index contributed by atoms with van der Waals surface area (Å²) in [5, 5.41) is 3.42. The van der Waals surface area contributed by atoms with Gasteiger partial charge in [0.15, 0.2) is 0 Å². The molecule has 2 rings (SSSR count). The van der Waals surface area contributed by atoms with Crippen LogP contribution in [0.1, 0.15) is 28.3 Å². The first-order valence-corrected chi connectivity index (χ1v) is 6.77. The molecule has 0 bridgehead atoms. The minimum atomic E-state index is -0.116. The van der Waals surface area contributed by atoms with Gasteiger partial charge in [-0.25, -0.2) is 0 Å². The molecule has 1 fully saturated rings. The second kappa shape index (κ2) is 5.90. The van der Waals surface area contributed by atoms with Crippen molar-refractivity contribution in [1.82, 2.24) is 5.32 Å². The van der Waals surface area contributed by atoms with E-state index in [4.69, 9.17) is 15.2 Å². The second-order valence-electron chi connectivity index (χ2n) is 5.24. The molecule has 1 saturated heterocycles. The van der Waals surface area contributed by atoms with Crippen molar-refractivity contribution in [3.8, 4) is 5.75 Å². The lowest BCUT2D eigenvalue weighted by Crippen LogP contribution is -2.48. The molecule has 0 aromatic heterocycles. The molecule has 0 aliphatic carbocycles. The summed E-state index contributed by atoms with van der Waals surface area (Å²) in [6, 6.07) is 2.20. The summed E-state index contributed by atoms with van der Waals surface area (Å²) in [7, 11) is 1.71. The maximum Gasteiger partial charge on any atom is 0.127 e. The Hall–Kier alpha value is -1.10. The van der Waals surface area contributed by atoms with Crippen LogP contribution < -0.4 is 15.8 Å². The Morgan fingerprint density at radius 3 is 2.68 bits per heavy atom. The first kappa shape index (κ1) is 14.3. The molecular weight excluding hydrogens is 240 g/mol. The van der Waals surface area contributed by atoms with E-state index in [1.165, 1.54) is 11.1 Å². The third kappa shape index (κ3) is 2.76. The molecule has 1 aliphatic rings. The normalized spacial score (nSPS) is 21.2. The largest absolute Gasteiger partial charge is 0.496 e. The topological polar surface area (TPSA) is 56.5 Å². The average molecular weight is 264 g/mol. The van der Waals surface area contributed by atoms with Crippen molar-refractivity contribution in [2.45, 2.75) is 32.9 Å². The molecule has 2 atom stereocenters. The highest BCUT2D eigenvalue weighted by molar-refractivity contribution is 5.51. The SMILES string of the molecule is COc1c(C)c(C)cc(C)c1C(N)C1COCCN1. The van der Waals surface area contributed by atoms with Crippen molar-refractivity contribution in [2.75, 3.05) is 26.9 Å². The van der Waals surface area contributed by atoms with Gasteiger partial charge in [-0.1, -0.05) is 6.07 Å². The summed E-state index contributed by atoms with van der Waals surface area (Å²) in [5.74, 6) is 0.914. The highest BCUT2D eigenvalue weighted by Gasteiger charge is 2.27. The molecule has 2 unspecified atom stereocenters. The zero-order valence-corrected chi connectivity index (χ0v) is 12.2. The van der Waals surface area contributed by atoms with E-state index >= 15 is 0 Å². The van der Waals surface area contributed by atoms with Crippen molar-refractivity contribution in [3.05, 3.63) is 28.3 Å². The number of morpholine rings is 1. The molecule has 4 nitrogen and oxygen atoms in total. The second-order valence-corrected chi connectivity index (χ2v) is 5.24. The van der Waals surface area contributed by atoms with Crippen LogP contribution >= 0.6 is 0 Å². The van der Waals surface area contributed by atoms with Gasteiger partial charge in [-0.15, -0.1) is 0 Å². The van der Waals surface area contributed by atoms with Crippen LogP contribution in [0.25, 0.3) is 0 Å². The number of ether oxygens (including phenoxy) is 2. The summed E-state index contributed by atoms with van der Waals surface area (Å²) in [4.78, 5) is 0. The molecule has 1 heterocycles. The fourth-order valence-corrected chi connectivity index (χ4v) is 2.77. The van der Waals surface area contributed by atoms with Crippen LogP contribution in [-0.2, 0) is 4.74 Å². The summed E-state index contributed by atoms with van der Waals surface area (Å²) < 4.78 is 11.1. The lowest BCUT2D eigenvalue weighted by Gasteiger charge is -2.31. The van der Waals surface area contributed by atoms with E-state index in [0.717, 1.165) is 30.0 Å². The van der Waals surface area contributed by atoms with Gasteiger partial charge in [-0.05, 0) is 37.5 Å². The lowest BCUT2D eigenvalue weighted by atomic mass is 9.91. The van der Waals surface area contributed by atoms with Crippen LogP contribution in [0.3, 0.4) is 0 Å². The predicted octanol–water partition coefficient (Wildman–Crippen LogP) is 1.61. The van der Waals surface area contributed by atoms with Crippen LogP contribution in [0.4, 0.5) is 0 Å². The Kier molecular flexibility index (Phi) is 4.45. The minimum absolute atomic E-state index is 0.116. The van der Waals surface area contributed by atoms with E-state index in [0.29, 0.717) is 6.61 Å². The highest BCUT2D eigenvalue weighted by atomic mass is 16.5. The molecule has 3 N–H and O–H groups in total. The molecule has 0 saturated carbocycles. The third-order valence-electron chi connectivity index (χ3n) is 3.96. The monoisotopic (exact) mass is 264 g/mol. The number of rotatable bonds is 3. The fraction of sp³-hybridized carbons (Fsp3) is 0.600. The zero-order valence-electron chi connectivity index (χ0n) is 12.2. The number of nitrogens with two attached hydrogens (primary N) is 1. The van der Waals surface area contributed by atoms with Crippen molar-refractivity contribution >= 4 is 0 Å². The van der Waals surface area contributed by atoms with Crippen LogP contribution in [0, 0.1) is 20.8 Å². The maximum atomic E-state index is 6.44. The molecule has 19 heavy (non-hydrogen) atoms. The summed E-state index contributed by atoms with van der Waals surface area (Å²) in [6.45, 7) is 8.53. The molecule has 1 aromatic rings. The summed E-state index contributed by atoms with van der Waals surface area (Å²) >= 11 is 0. The Morgan fingerprint density at radius 2 is 2.11 bits per heavy atom. The maximum absolute atomic E-state index is 6.44. The van der Waals surface area contributed by atoms with E-state index in [1.807, 2.05) is 0 Å². The predicted molar refractivity (Wildman–Crippen MR) is 76.7 cm³/mol. The van der Waals surface area contributed by atoms with Gasteiger partial charge in [0, 0.05) is 18.2 Å². The van der Waals surface area contributed by atoms with E-state index in [9.17, 15) is 0 Å².